The highest BCUT2D eigenvalue weighted by Gasteiger charge is 2.09. The van der Waals surface area contributed by atoms with Crippen molar-refractivity contribution in [2.24, 2.45) is 0 Å². The molecule has 1 atom stereocenters. The van der Waals surface area contributed by atoms with Crippen LogP contribution in [0.3, 0.4) is 0 Å². The van der Waals surface area contributed by atoms with Crippen LogP contribution in [0.1, 0.15) is 5.76 Å². The van der Waals surface area contributed by atoms with Crippen molar-refractivity contribution in [3.8, 4) is 0 Å². The Labute approximate surface area is 105 Å². The van der Waals surface area contributed by atoms with Crippen LogP contribution in [0.15, 0.2) is 19.6 Å². The summed E-state index contributed by atoms with van der Waals surface area (Å²) in [5.41, 5.74) is 0. The number of aliphatic hydroxyl groups excluding tert-OH is 1. The lowest BCUT2D eigenvalue weighted by Crippen LogP contribution is -2.35. The Balaban J connectivity index is 2.41. The zero-order valence-corrected chi connectivity index (χ0v) is 11.5. The maximum Gasteiger partial charge on any atom is 0.183 e. The fraction of sp³-hybridized carbons (Fsp3) is 0.556. The number of hydrogen-bond acceptors (Lipinski definition) is 4. The van der Waals surface area contributed by atoms with Crippen LogP contribution in [0.5, 0.6) is 0 Å². The van der Waals surface area contributed by atoms with Crippen molar-refractivity contribution in [1.82, 2.24) is 5.32 Å². The number of furan rings is 1. The first-order chi connectivity index (χ1) is 7.17. The first kappa shape index (κ1) is 13.2. The van der Waals surface area contributed by atoms with E-state index < -0.39 is 0 Å². The van der Waals surface area contributed by atoms with Crippen molar-refractivity contribution in [1.29, 1.82) is 0 Å². The van der Waals surface area contributed by atoms with E-state index in [0.29, 0.717) is 17.8 Å². The third-order valence-electron chi connectivity index (χ3n) is 1.85. The lowest BCUT2D eigenvalue weighted by atomic mass is 10.3. The van der Waals surface area contributed by atoms with Crippen LogP contribution in [-0.4, -0.2) is 31.5 Å². The Hall–Kier alpha value is 0.120. The second-order valence-electron chi connectivity index (χ2n) is 3.05. The fourth-order valence-corrected chi connectivity index (χ4v) is 1.76. The van der Waals surface area contributed by atoms with Gasteiger partial charge < -0.3 is 19.6 Å². The normalized spacial score (nSPS) is 13.1. The van der Waals surface area contributed by atoms with Gasteiger partial charge in [0, 0.05) is 7.11 Å². The Morgan fingerprint density at radius 1 is 1.60 bits per heavy atom. The van der Waals surface area contributed by atoms with Crippen molar-refractivity contribution in [2.45, 2.75) is 12.6 Å². The summed E-state index contributed by atoms with van der Waals surface area (Å²) in [6.45, 7) is 1.06. The summed E-state index contributed by atoms with van der Waals surface area (Å²) in [5.74, 6) is 0.795. The predicted molar refractivity (Wildman–Crippen MR) is 63.7 cm³/mol. The van der Waals surface area contributed by atoms with Crippen LogP contribution in [-0.2, 0) is 11.3 Å². The topological polar surface area (TPSA) is 54.6 Å². The van der Waals surface area contributed by atoms with Crippen molar-refractivity contribution in [3.63, 3.8) is 0 Å². The Kier molecular flexibility index (Phi) is 5.84. The van der Waals surface area contributed by atoms with E-state index >= 15 is 0 Å². The number of halogens is 2. The lowest BCUT2D eigenvalue weighted by Gasteiger charge is -2.13. The maximum absolute atomic E-state index is 9.00. The number of nitrogens with one attached hydrogen (secondary N) is 1. The Morgan fingerprint density at radius 2 is 2.33 bits per heavy atom. The molecule has 1 heterocycles. The molecule has 86 valence electrons. The van der Waals surface area contributed by atoms with Gasteiger partial charge in [0.25, 0.3) is 0 Å². The second kappa shape index (κ2) is 6.65. The lowest BCUT2D eigenvalue weighted by molar-refractivity contribution is 0.127. The molecule has 0 saturated carbocycles. The third-order valence-corrected chi connectivity index (χ3v) is 3.56. The molecule has 1 rings (SSSR count). The first-order valence-corrected chi connectivity index (χ1v) is 6.02. The SMILES string of the molecule is COCC(CO)NCc1cc(Br)c(Br)o1. The summed E-state index contributed by atoms with van der Waals surface area (Å²) in [4.78, 5) is 0. The maximum atomic E-state index is 9.00. The molecule has 0 bridgehead atoms. The van der Waals surface area contributed by atoms with E-state index in [2.05, 4.69) is 37.2 Å². The van der Waals surface area contributed by atoms with E-state index in [9.17, 15) is 0 Å². The molecule has 0 saturated heterocycles. The zero-order chi connectivity index (χ0) is 11.3. The highest BCUT2D eigenvalue weighted by atomic mass is 79.9. The van der Waals surface area contributed by atoms with Gasteiger partial charge in [-0.2, -0.15) is 0 Å². The van der Waals surface area contributed by atoms with Gasteiger partial charge in [-0.1, -0.05) is 0 Å². The molecule has 2 N–H and O–H groups in total. The van der Waals surface area contributed by atoms with Gasteiger partial charge in [0.2, 0.25) is 0 Å². The average molecular weight is 343 g/mol. The minimum Gasteiger partial charge on any atom is -0.452 e. The molecule has 15 heavy (non-hydrogen) atoms. The predicted octanol–water partition coefficient (Wildman–Crippen LogP) is 1.90. The number of ether oxygens (including phenoxy) is 1. The molecule has 0 spiro atoms. The molecule has 1 aromatic rings. The minimum absolute atomic E-state index is 0.0386. The molecule has 1 aromatic heterocycles. The summed E-state index contributed by atoms with van der Waals surface area (Å²) < 4.78 is 11.9. The number of hydrogen-bond donors (Lipinski definition) is 2. The molecule has 0 aromatic carbocycles. The molecular weight excluding hydrogens is 330 g/mol. The smallest absolute Gasteiger partial charge is 0.183 e. The minimum atomic E-state index is -0.0716. The van der Waals surface area contributed by atoms with Gasteiger partial charge in [-0.05, 0) is 37.9 Å². The van der Waals surface area contributed by atoms with E-state index in [-0.39, 0.29) is 12.6 Å². The quantitative estimate of drug-likeness (QED) is 0.829. The molecule has 0 aliphatic heterocycles. The molecule has 0 radical (unpaired) electrons. The van der Waals surface area contributed by atoms with E-state index in [1.807, 2.05) is 6.07 Å². The van der Waals surface area contributed by atoms with Crippen molar-refractivity contribution in [2.75, 3.05) is 20.3 Å². The largest absolute Gasteiger partial charge is 0.452 e. The van der Waals surface area contributed by atoms with Crippen LogP contribution in [0, 0.1) is 0 Å². The molecule has 0 fully saturated rings. The molecule has 0 aliphatic rings. The fourth-order valence-electron chi connectivity index (χ4n) is 1.10. The summed E-state index contributed by atoms with van der Waals surface area (Å²) in [6, 6.07) is 1.80. The number of rotatable bonds is 6. The average Bonchev–Trinajstić information content (AvgIpc) is 2.53. The van der Waals surface area contributed by atoms with Gasteiger partial charge in [0.05, 0.1) is 30.3 Å². The van der Waals surface area contributed by atoms with Crippen LogP contribution < -0.4 is 5.32 Å². The molecule has 1 unspecified atom stereocenters. The van der Waals surface area contributed by atoms with E-state index in [1.165, 1.54) is 0 Å². The first-order valence-electron chi connectivity index (χ1n) is 4.44. The molecule has 0 aliphatic carbocycles. The molecule has 4 nitrogen and oxygen atoms in total. The van der Waals surface area contributed by atoms with Gasteiger partial charge in [0.1, 0.15) is 5.76 Å². The standard InChI is InChI=1S/C9H13Br2NO3/c1-14-5-6(4-13)12-3-7-2-8(10)9(11)15-7/h2,6,12-13H,3-5H2,1H3. The van der Waals surface area contributed by atoms with Gasteiger partial charge in [-0.25, -0.2) is 0 Å². The van der Waals surface area contributed by atoms with Gasteiger partial charge in [-0.3, -0.25) is 0 Å². The molecule has 0 amide bonds. The van der Waals surface area contributed by atoms with Crippen molar-refractivity contribution < 1.29 is 14.3 Å². The van der Waals surface area contributed by atoms with E-state index in [4.69, 9.17) is 14.3 Å². The zero-order valence-electron chi connectivity index (χ0n) is 8.30. The molecule has 6 heteroatoms. The summed E-state index contributed by atoms with van der Waals surface area (Å²) in [7, 11) is 1.60. The highest BCUT2D eigenvalue weighted by Crippen LogP contribution is 2.26. The van der Waals surface area contributed by atoms with Crippen molar-refractivity contribution >= 4 is 31.9 Å². The monoisotopic (exact) mass is 341 g/mol. The highest BCUT2D eigenvalue weighted by molar-refractivity contribution is 9.13. The van der Waals surface area contributed by atoms with Gasteiger partial charge >= 0.3 is 0 Å². The summed E-state index contributed by atoms with van der Waals surface area (Å²) >= 11 is 6.58. The van der Waals surface area contributed by atoms with E-state index in [1.54, 1.807) is 7.11 Å². The second-order valence-corrected chi connectivity index (χ2v) is 4.62. The Bertz CT molecular complexity index is 284. The number of aliphatic hydroxyl groups is 1. The van der Waals surface area contributed by atoms with Crippen molar-refractivity contribution in [3.05, 3.63) is 21.0 Å². The Morgan fingerprint density at radius 3 is 2.80 bits per heavy atom. The third kappa shape index (κ3) is 4.24. The number of methoxy groups -OCH3 is 1. The molecular formula is C9H13Br2NO3. The van der Waals surface area contributed by atoms with Gasteiger partial charge in [0.15, 0.2) is 4.67 Å². The van der Waals surface area contributed by atoms with Crippen LogP contribution >= 0.6 is 31.9 Å². The summed E-state index contributed by atoms with van der Waals surface area (Å²) in [5, 5.41) is 12.1. The van der Waals surface area contributed by atoms with E-state index in [0.717, 1.165) is 10.2 Å². The van der Waals surface area contributed by atoms with Crippen LogP contribution in [0.2, 0.25) is 0 Å². The van der Waals surface area contributed by atoms with Gasteiger partial charge in [-0.15, -0.1) is 0 Å². The van der Waals surface area contributed by atoms with Crippen LogP contribution in [0.25, 0.3) is 0 Å². The summed E-state index contributed by atoms with van der Waals surface area (Å²) in [6.07, 6.45) is 0. The van der Waals surface area contributed by atoms with Crippen LogP contribution in [0.4, 0.5) is 0 Å².